The van der Waals surface area contributed by atoms with E-state index in [1.165, 1.54) is 0 Å². The molecule has 0 atom stereocenters. The summed E-state index contributed by atoms with van der Waals surface area (Å²) in [7, 11) is 0. The normalized spacial score (nSPS) is 11.1. The van der Waals surface area contributed by atoms with Gasteiger partial charge >= 0.3 is 0 Å². The fourth-order valence-electron chi connectivity index (χ4n) is 2.01. The lowest BCUT2D eigenvalue weighted by molar-refractivity contribution is 0.248. The number of nitrogens with zero attached hydrogens (tertiary/aromatic N) is 4. The van der Waals surface area contributed by atoms with Gasteiger partial charge in [-0.1, -0.05) is 24.6 Å². The second kappa shape index (κ2) is 7.26. The molecular formula is C14H19ClN4. The van der Waals surface area contributed by atoms with Crippen LogP contribution in [0.3, 0.4) is 0 Å². The zero-order valence-corrected chi connectivity index (χ0v) is 11.9. The summed E-state index contributed by atoms with van der Waals surface area (Å²) in [6.07, 6.45) is 6.50. The van der Waals surface area contributed by atoms with Gasteiger partial charge in [0.1, 0.15) is 0 Å². The molecule has 0 aliphatic carbocycles. The number of rotatable bonds is 7. The van der Waals surface area contributed by atoms with E-state index in [-0.39, 0.29) is 0 Å². The summed E-state index contributed by atoms with van der Waals surface area (Å²) in [4.78, 5) is 6.76. The van der Waals surface area contributed by atoms with Crippen LogP contribution in [0.4, 0.5) is 0 Å². The Morgan fingerprint density at radius 1 is 1.32 bits per heavy atom. The van der Waals surface area contributed by atoms with Crippen molar-refractivity contribution in [1.82, 2.24) is 19.7 Å². The first-order chi connectivity index (χ1) is 9.28. The molecule has 0 saturated heterocycles. The predicted octanol–water partition coefficient (Wildman–Crippen LogP) is 2.84. The van der Waals surface area contributed by atoms with Gasteiger partial charge in [-0.15, -0.1) is 0 Å². The van der Waals surface area contributed by atoms with Gasteiger partial charge in [-0.3, -0.25) is 14.6 Å². The molecule has 0 saturated carbocycles. The Hall–Kier alpha value is -1.39. The van der Waals surface area contributed by atoms with E-state index in [2.05, 4.69) is 28.0 Å². The highest BCUT2D eigenvalue weighted by Crippen LogP contribution is 2.06. The summed E-state index contributed by atoms with van der Waals surface area (Å²) in [5.41, 5.74) is 1.11. The average Bonchev–Trinajstić information content (AvgIpc) is 2.83. The maximum absolute atomic E-state index is 5.86. The Balaban J connectivity index is 1.89. The fourth-order valence-corrected chi connectivity index (χ4v) is 2.17. The number of hydrogen-bond acceptors (Lipinski definition) is 3. The molecule has 0 spiro atoms. The van der Waals surface area contributed by atoms with Gasteiger partial charge in [0.25, 0.3) is 0 Å². The van der Waals surface area contributed by atoms with Gasteiger partial charge in [-0.05, 0) is 25.1 Å². The van der Waals surface area contributed by atoms with Gasteiger partial charge in [0, 0.05) is 25.5 Å². The van der Waals surface area contributed by atoms with E-state index in [0.717, 1.165) is 38.3 Å². The summed E-state index contributed by atoms with van der Waals surface area (Å²) in [5.74, 6) is 0. The first-order valence-electron chi connectivity index (χ1n) is 6.58. The number of aromatic nitrogens is 3. The Bertz CT molecular complexity index is 483. The van der Waals surface area contributed by atoms with Gasteiger partial charge in [0.2, 0.25) is 0 Å². The summed E-state index contributed by atoms with van der Waals surface area (Å²) in [5, 5.41) is 4.88. The van der Waals surface area contributed by atoms with Crippen LogP contribution in [0.25, 0.3) is 0 Å². The third kappa shape index (κ3) is 4.65. The van der Waals surface area contributed by atoms with Crippen molar-refractivity contribution in [2.45, 2.75) is 26.4 Å². The van der Waals surface area contributed by atoms with Gasteiger partial charge < -0.3 is 0 Å². The van der Waals surface area contributed by atoms with E-state index in [4.69, 9.17) is 11.6 Å². The monoisotopic (exact) mass is 278 g/mol. The van der Waals surface area contributed by atoms with Crippen LogP contribution in [-0.2, 0) is 13.1 Å². The zero-order chi connectivity index (χ0) is 13.5. The molecule has 19 heavy (non-hydrogen) atoms. The van der Waals surface area contributed by atoms with Crippen molar-refractivity contribution in [2.24, 2.45) is 0 Å². The summed E-state index contributed by atoms with van der Waals surface area (Å²) in [6, 6.07) is 6.03. The van der Waals surface area contributed by atoms with E-state index in [0.29, 0.717) is 5.02 Å². The minimum atomic E-state index is 0.687. The van der Waals surface area contributed by atoms with Crippen LogP contribution in [0.5, 0.6) is 0 Å². The second-order valence-corrected chi connectivity index (χ2v) is 4.96. The van der Waals surface area contributed by atoms with Crippen molar-refractivity contribution in [3.05, 3.63) is 47.5 Å². The highest BCUT2D eigenvalue weighted by atomic mass is 35.5. The Morgan fingerprint density at radius 3 is 2.84 bits per heavy atom. The molecule has 0 N–H and O–H groups in total. The smallest absolute Gasteiger partial charge is 0.0785 e. The Kier molecular flexibility index (Phi) is 5.36. The molecule has 0 bridgehead atoms. The van der Waals surface area contributed by atoms with Gasteiger partial charge in [0.15, 0.2) is 0 Å². The molecule has 0 fully saturated rings. The van der Waals surface area contributed by atoms with Crippen molar-refractivity contribution >= 4 is 11.6 Å². The minimum Gasteiger partial charge on any atom is -0.296 e. The third-order valence-corrected chi connectivity index (χ3v) is 3.09. The number of hydrogen-bond donors (Lipinski definition) is 0. The Morgan fingerprint density at radius 2 is 2.21 bits per heavy atom. The Labute approximate surface area is 119 Å². The minimum absolute atomic E-state index is 0.687. The SMILES string of the molecule is CCCN(CCn1cc(Cl)cn1)Cc1ccccn1. The van der Waals surface area contributed by atoms with E-state index in [1.807, 2.05) is 29.2 Å². The van der Waals surface area contributed by atoms with Crippen molar-refractivity contribution in [3.8, 4) is 0 Å². The molecule has 0 radical (unpaired) electrons. The largest absolute Gasteiger partial charge is 0.296 e. The standard InChI is InChI=1S/C14H19ClN4/c1-2-7-18(12-14-5-3-4-6-16-14)8-9-19-11-13(15)10-17-19/h3-6,10-11H,2,7-9,12H2,1H3. The van der Waals surface area contributed by atoms with E-state index in [1.54, 1.807) is 6.20 Å². The third-order valence-electron chi connectivity index (χ3n) is 2.90. The molecule has 2 aromatic rings. The summed E-state index contributed by atoms with van der Waals surface area (Å²) < 4.78 is 1.88. The lowest BCUT2D eigenvalue weighted by Gasteiger charge is -2.21. The molecular weight excluding hydrogens is 260 g/mol. The van der Waals surface area contributed by atoms with Crippen LogP contribution < -0.4 is 0 Å². The molecule has 2 heterocycles. The maximum Gasteiger partial charge on any atom is 0.0785 e. The second-order valence-electron chi connectivity index (χ2n) is 4.52. The average molecular weight is 279 g/mol. The lowest BCUT2D eigenvalue weighted by Crippen LogP contribution is -2.28. The van der Waals surface area contributed by atoms with Gasteiger partial charge in [-0.2, -0.15) is 5.10 Å². The number of pyridine rings is 1. The van der Waals surface area contributed by atoms with Crippen LogP contribution in [0, 0.1) is 0 Å². The molecule has 0 aliphatic heterocycles. The van der Waals surface area contributed by atoms with Crippen molar-refractivity contribution in [2.75, 3.05) is 13.1 Å². The first kappa shape index (κ1) is 14.0. The molecule has 0 amide bonds. The summed E-state index contributed by atoms with van der Waals surface area (Å²) >= 11 is 5.86. The van der Waals surface area contributed by atoms with Crippen molar-refractivity contribution in [3.63, 3.8) is 0 Å². The molecule has 0 aliphatic rings. The van der Waals surface area contributed by atoms with E-state index in [9.17, 15) is 0 Å². The lowest BCUT2D eigenvalue weighted by atomic mass is 10.3. The van der Waals surface area contributed by atoms with Gasteiger partial charge in [0.05, 0.1) is 23.5 Å². The molecule has 2 aromatic heterocycles. The van der Waals surface area contributed by atoms with Crippen molar-refractivity contribution in [1.29, 1.82) is 0 Å². The van der Waals surface area contributed by atoms with Crippen LogP contribution in [0.1, 0.15) is 19.0 Å². The first-order valence-corrected chi connectivity index (χ1v) is 6.96. The molecule has 4 nitrogen and oxygen atoms in total. The van der Waals surface area contributed by atoms with Crippen LogP contribution in [0.15, 0.2) is 36.8 Å². The summed E-state index contributed by atoms with van der Waals surface area (Å²) in [6.45, 7) is 5.92. The van der Waals surface area contributed by atoms with Crippen LogP contribution >= 0.6 is 11.6 Å². The maximum atomic E-state index is 5.86. The number of halogens is 1. The van der Waals surface area contributed by atoms with Gasteiger partial charge in [-0.25, -0.2) is 0 Å². The topological polar surface area (TPSA) is 34.0 Å². The van der Waals surface area contributed by atoms with Crippen LogP contribution in [0.2, 0.25) is 5.02 Å². The highest BCUT2D eigenvalue weighted by molar-refractivity contribution is 6.30. The molecule has 0 unspecified atom stereocenters. The van der Waals surface area contributed by atoms with E-state index < -0.39 is 0 Å². The molecule has 102 valence electrons. The fraction of sp³-hybridized carbons (Fsp3) is 0.429. The predicted molar refractivity (Wildman–Crippen MR) is 77.0 cm³/mol. The van der Waals surface area contributed by atoms with Crippen molar-refractivity contribution < 1.29 is 0 Å². The quantitative estimate of drug-likeness (QED) is 0.781. The molecule has 0 aromatic carbocycles. The molecule has 5 heteroatoms. The molecule has 2 rings (SSSR count). The van der Waals surface area contributed by atoms with E-state index >= 15 is 0 Å². The highest BCUT2D eigenvalue weighted by Gasteiger charge is 2.06. The van der Waals surface area contributed by atoms with Crippen LogP contribution in [-0.4, -0.2) is 32.8 Å². The zero-order valence-electron chi connectivity index (χ0n) is 11.2.